The maximum atomic E-state index is 13.9. The van der Waals surface area contributed by atoms with E-state index < -0.39 is 17.6 Å². The van der Waals surface area contributed by atoms with Crippen LogP contribution < -0.4 is 0 Å². The number of rotatable bonds is 4. The minimum absolute atomic E-state index is 0.156. The third kappa shape index (κ3) is 4.25. The van der Waals surface area contributed by atoms with Crippen molar-refractivity contribution in [2.75, 3.05) is 6.61 Å². The Kier molecular flexibility index (Phi) is 5.52. The van der Waals surface area contributed by atoms with E-state index in [4.69, 9.17) is 4.74 Å². The molecule has 1 aromatic carbocycles. The highest BCUT2D eigenvalue weighted by molar-refractivity contribution is 5.29. The first-order valence-electron chi connectivity index (χ1n) is 8.97. The van der Waals surface area contributed by atoms with Crippen molar-refractivity contribution in [3.8, 4) is 0 Å². The zero-order valence-corrected chi connectivity index (χ0v) is 14.2. The molecule has 0 aromatic heterocycles. The number of alkyl halides is 3. The van der Waals surface area contributed by atoms with Crippen molar-refractivity contribution >= 4 is 0 Å². The van der Waals surface area contributed by atoms with Crippen LogP contribution in [0.4, 0.5) is 17.6 Å². The van der Waals surface area contributed by atoms with Crippen LogP contribution in [0.2, 0.25) is 0 Å². The number of hydrogen-bond donors (Lipinski definition) is 0. The fourth-order valence-corrected chi connectivity index (χ4v) is 4.52. The third-order valence-electron chi connectivity index (χ3n) is 5.78. The minimum atomic E-state index is -4.63. The zero-order valence-electron chi connectivity index (χ0n) is 14.2. The predicted molar refractivity (Wildman–Crippen MR) is 88.8 cm³/mol. The van der Waals surface area contributed by atoms with Gasteiger partial charge in [0.25, 0.3) is 0 Å². The summed E-state index contributed by atoms with van der Waals surface area (Å²) in [6.45, 7) is 4.25. The van der Waals surface area contributed by atoms with Crippen molar-refractivity contribution in [3.63, 3.8) is 0 Å². The highest BCUT2D eigenvalue weighted by atomic mass is 19.4. The van der Waals surface area contributed by atoms with Gasteiger partial charge >= 0.3 is 6.18 Å². The quantitative estimate of drug-likeness (QED) is 0.468. The molecule has 25 heavy (non-hydrogen) atoms. The van der Waals surface area contributed by atoms with Gasteiger partial charge in [-0.15, -0.1) is 6.58 Å². The first-order valence-corrected chi connectivity index (χ1v) is 8.97. The van der Waals surface area contributed by atoms with Crippen LogP contribution in [0.1, 0.15) is 55.6 Å². The summed E-state index contributed by atoms with van der Waals surface area (Å²) in [5, 5.41) is 0. The number of benzene rings is 1. The molecule has 2 fully saturated rings. The largest absolute Gasteiger partial charge is 0.419 e. The summed E-state index contributed by atoms with van der Waals surface area (Å²) in [4.78, 5) is 0. The fraction of sp³-hybridized carbons (Fsp3) is 0.600. The Labute approximate surface area is 146 Å². The number of hydrogen-bond acceptors (Lipinski definition) is 1. The molecule has 2 aliphatic rings. The van der Waals surface area contributed by atoms with Crippen LogP contribution in [0.3, 0.4) is 0 Å². The van der Waals surface area contributed by atoms with E-state index in [-0.39, 0.29) is 5.92 Å². The first kappa shape index (κ1) is 18.4. The molecule has 5 heteroatoms. The molecule has 4 unspecified atom stereocenters. The average Bonchev–Trinajstić information content (AvgIpc) is 2.58. The standard InChI is InChI=1S/C20H24F4O/c1-2-9-25-17-7-5-14-10-13(3-4-15(14)11-17)16-6-8-18(19(21)12-16)20(22,23)24/h2,6,8,12-15,17H,1,3-5,7,9-11H2. The van der Waals surface area contributed by atoms with Crippen molar-refractivity contribution in [1.29, 1.82) is 0 Å². The summed E-state index contributed by atoms with van der Waals surface area (Å²) in [7, 11) is 0. The van der Waals surface area contributed by atoms with E-state index in [1.807, 2.05) is 0 Å². The molecule has 3 rings (SSSR count). The summed E-state index contributed by atoms with van der Waals surface area (Å²) >= 11 is 0. The molecule has 0 saturated heterocycles. The van der Waals surface area contributed by atoms with Crippen molar-refractivity contribution in [2.45, 2.75) is 56.7 Å². The molecule has 0 bridgehead atoms. The molecule has 0 radical (unpaired) electrons. The molecular weight excluding hydrogens is 332 g/mol. The number of ether oxygens (including phenoxy) is 1. The van der Waals surface area contributed by atoms with Gasteiger partial charge < -0.3 is 4.74 Å². The van der Waals surface area contributed by atoms with E-state index in [1.54, 1.807) is 6.08 Å². The number of fused-ring (bicyclic) bond motifs is 1. The molecular formula is C20H24F4O. The Morgan fingerprint density at radius 1 is 1.08 bits per heavy atom. The maximum Gasteiger partial charge on any atom is 0.419 e. The molecule has 4 atom stereocenters. The molecule has 0 aliphatic heterocycles. The Morgan fingerprint density at radius 3 is 2.48 bits per heavy atom. The van der Waals surface area contributed by atoms with Crippen molar-refractivity contribution in [1.82, 2.24) is 0 Å². The van der Waals surface area contributed by atoms with Crippen molar-refractivity contribution in [3.05, 3.63) is 47.8 Å². The lowest BCUT2D eigenvalue weighted by molar-refractivity contribution is -0.140. The van der Waals surface area contributed by atoms with Gasteiger partial charge in [0.1, 0.15) is 5.82 Å². The van der Waals surface area contributed by atoms with Crippen LogP contribution in [-0.4, -0.2) is 12.7 Å². The Hall–Kier alpha value is -1.36. The van der Waals surface area contributed by atoms with Gasteiger partial charge in [0, 0.05) is 0 Å². The van der Waals surface area contributed by atoms with E-state index >= 15 is 0 Å². The lowest BCUT2D eigenvalue weighted by atomic mass is 9.65. The summed E-state index contributed by atoms with van der Waals surface area (Å²) in [5.74, 6) is 0.170. The lowest BCUT2D eigenvalue weighted by Crippen LogP contribution is -2.33. The third-order valence-corrected chi connectivity index (χ3v) is 5.78. The van der Waals surface area contributed by atoms with E-state index in [9.17, 15) is 17.6 Å². The summed E-state index contributed by atoms with van der Waals surface area (Å²) in [6, 6.07) is 3.43. The second kappa shape index (κ2) is 7.48. The van der Waals surface area contributed by atoms with Gasteiger partial charge in [0.15, 0.2) is 0 Å². The monoisotopic (exact) mass is 356 g/mol. The van der Waals surface area contributed by atoms with Crippen LogP contribution in [0.5, 0.6) is 0 Å². The van der Waals surface area contributed by atoms with Gasteiger partial charge in [0.2, 0.25) is 0 Å². The Morgan fingerprint density at radius 2 is 1.80 bits per heavy atom. The van der Waals surface area contributed by atoms with E-state index in [0.717, 1.165) is 50.7 Å². The SMILES string of the molecule is C=CCOC1CCC2CC(c3ccc(C(F)(F)F)c(F)c3)CCC2C1. The van der Waals surface area contributed by atoms with Gasteiger partial charge in [-0.3, -0.25) is 0 Å². The van der Waals surface area contributed by atoms with Crippen molar-refractivity contribution < 1.29 is 22.3 Å². The fourth-order valence-electron chi connectivity index (χ4n) is 4.52. The van der Waals surface area contributed by atoms with E-state index in [1.165, 1.54) is 6.07 Å². The lowest BCUT2D eigenvalue weighted by Gasteiger charge is -2.42. The van der Waals surface area contributed by atoms with E-state index in [0.29, 0.717) is 30.1 Å². The van der Waals surface area contributed by atoms with Crippen LogP contribution in [0.15, 0.2) is 30.9 Å². The van der Waals surface area contributed by atoms with Gasteiger partial charge in [-0.2, -0.15) is 13.2 Å². The minimum Gasteiger partial charge on any atom is -0.374 e. The molecule has 138 valence electrons. The summed E-state index contributed by atoms with van der Waals surface area (Å²) < 4.78 is 57.8. The van der Waals surface area contributed by atoms with Gasteiger partial charge in [0.05, 0.1) is 18.3 Å². The smallest absolute Gasteiger partial charge is 0.374 e. The average molecular weight is 356 g/mol. The topological polar surface area (TPSA) is 9.23 Å². The zero-order chi connectivity index (χ0) is 18.0. The molecule has 0 heterocycles. The van der Waals surface area contributed by atoms with Crippen LogP contribution in [-0.2, 0) is 10.9 Å². The first-order chi connectivity index (χ1) is 11.9. The molecule has 0 spiro atoms. The van der Waals surface area contributed by atoms with Gasteiger partial charge in [-0.1, -0.05) is 12.1 Å². The summed E-state index contributed by atoms with van der Waals surface area (Å²) in [6.07, 6.45) is 3.43. The van der Waals surface area contributed by atoms with Gasteiger partial charge in [-0.25, -0.2) is 4.39 Å². The molecule has 0 amide bonds. The Bertz CT molecular complexity index is 610. The predicted octanol–water partition coefficient (Wildman–Crippen LogP) is 6.10. The second-order valence-corrected chi connectivity index (χ2v) is 7.32. The molecule has 2 saturated carbocycles. The Balaban J connectivity index is 1.64. The number of halogens is 4. The maximum absolute atomic E-state index is 13.9. The van der Waals surface area contributed by atoms with Crippen molar-refractivity contribution in [2.24, 2.45) is 11.8 Å². The van der Waals surface area contributed by atoms with Crippen LogP contribution in [0.25, 0.3) is 0 Å². The van der Waals surface area contributed by atoms with E-state index in [2.05, 4.69) is 6.58 Å². The highest BCUT2D eigenvalue weighted by Crippen LogP contribution is 2.47. The molecule has 1 aromatic rings. The van der Waals surface area contributed by atoms with Crippen LogP contribution in [0, 0.1) is 17.7 Å². The van der Waals surface area contributed by atoms with Gasteiger partial charge in [-0.05, 0) is 74.0 Å². The van der Waals surface area contributed by atoms with Crippen LogP contribution >= 0.6 is 0 Å². The molecule has 1 nitrogen and oxygen atoms in total. The molecule has 0 N–H and O–H groups in total. The molecule has 2 aliphatic carbocycles. The summed E-state index contributed by atoms with van der Waals surface area (Å²) in [5.41, 5.74) is -0.473. The normalized spacial score (nSPS) is 29.9. The second-order valence-electron chi connectivity index (χ2n) is 7.32. The highest BCUT2D eigenvalue weighted by Gasteiger charge is 2.38.